The van der Waals surface area contributed by atoms with Crippen molar-refractivity contribution < 1.29 is 12.7 Å². The highest BCUT2D eigenvalue weighted by Crippen LogP contribution is 1.76. The average molecular weight is 137 g/mol. The lowest BCUT2D eigenvalue weighted by Crippen LogP contribution is -1.83. The number of oxime groups is 1. The first-order chi connectivity index (χ1) is 3.63. The molecule has 0 fully saturated rings. The predicted octanol–water partition coefficient (Wildman–Crippen LogP) is -0.0748. The fourth-order valence-corrected chi connectivity index (χ4v) is 0.345. The Morgan fingerprint density at radius 1 is 1.50 bits per heavy atom. The highest BCUT2D eigenvalue weighted by molar-refractivity contribution is 7.67. The lowest BCUT2D eigenvalue weighted by molar-refractivity contribution is 0.355. The van der Waals surface area contributed by atoms with Gasteiger partial charge >= 0.3 is 11.0 Å². The quantitative estimate of drug-likeness (QED) is 0.329. The van der Waals surface area contributed by atoms with Crippen LogP contribution in [0.25, 0.3) is 0 Å². The van der Waals surface area contributed by atoms with Crippen molar-refractivity contribution in [3.8, 4) is 0 Å². The fourth-order valence-electron chi connectivity index (χ4n) is 0.115. The normalized spacial score (nSPS) is 8.88. The first kappa shape index (κ1) is 7.42. The summed E-state index contributed by atoms with van der Waals surface area (Å²) >= 11 is 0. The summed E-state index contributed by atoms with van der Waals surface area (Å²) in [6.07, 6.45) is 0. The van der Waals surface area contributed by atoms with Gasteiger partial charge in [0.2, 0.25) is 0 Å². The van der Waals surface area contributed by atoms with Crippen LogP contribution < -0.4 is 0 Å². The zero-order valence-corrected chi connectivity index (χ0v) is 5.51. The first-order valence-electron chi connectivity index (χ1n) is 1.95. The van der Waals surface area contributed by atoms with Crippen molar-refractivity contribution in [2.75, 3.05) is 0 Å². The maximum absolute atomic E-state index is 9.61. The van der Waals surface area contributed by atoms with E-state index >= 15 is 0 Å². The molecule has 48 valence electrons. The number of hydrogen-bond donors (Lipinski definition) is 1. The van der Waals surface area contributed by atoms with E-state index in [0.717, 1.165) is 0 Å². The monoisotopic (exact) mass is 137 g/mol. The summed E-state index contributed by atoms with van der Waals surface area (Å²) in [7, 11) is -2.82. The number of rotatable bonds is 2. The van der Waals surface area contributed by atoms with Gasteiger partial charge in [0.05, 0.1) is 5.71 Å². The molecule has 0 saturated heterocycles. The van der Waals surface area contributed by atoms with Crippen LogP contribution in [0, 0.1) is 0 Å². The van der Waals surface area contributed by atoms with E-state index in [9.17, 15) is 8.42 Å². The minimum Gasteiger partial charge on any atom is -0.271 e. The van der Waals surface area contributed by atoms with Gasteiger partial charge in [0.1, 0.15) is 0 Å². The van der Waals surface area contributed by atoms with E-state index in [4.69, 9.17) is 0 Å². The molecule has 0 aromatic rings. The molecule has 8 heavy (non-hydrogen) atoms. The van der Waals surface area contributed by atoms with Crippen molar-refractivity contribution in [1.82, 2.24) is 0 Å². The Hall–Kier alpha value is -0.580. The first-order valence-corrected chi connectivity index (χ1v) is 3.05. The van der Waals surface area contributed by atoms with Crippen molar-refractivity contribution >= 4 is 16.7 Å². The Kier molecular flexibility index (Phi) is 3.18. The van der Waals surface area contributed by atoms with Crippen molar-refractivity contribution in [2.24, 2.45) is 5.16 Å². The Labute approximate surface area is 49.3 Å². The molecule has 4 nitrogen and oxygen atoms in total. The van der Waals surface area contributed by atoms with Crippen LogP contribution in [0.3, 0.4) is 0 Å². The van der Waals surface area contributed by atoms with Gasteiger partial charge in [-0.2, -0.15) is 8.42 Å². The van der Waals surface area contributed by atoms with Crippen LogP contribution in [0.2, 0.25) is 0 Å². The summed E-state index contributed by atoms with van der Waals surface area (Å²) in [6, 6.07) is 0. The Balaban J connectivity index is 3.61. The molecule has 0 saturated carbocycles. The zero-order chi connectivity index (χ0) is 6.57. The zero-order valence-electron chi connectivity index (χ0n) is 4.62. The summed E-state index contributed by atoms with van der Waals surface area (Å²) in [5.74, 6) is 0. The van der Waals surface area contributed by atoms with Gasteiger partial charge in [-0.1, -0.05) is 5.16 Å². The molecule has 0 aliphatic rings. The summed E-state index contributed by atoms with van der Waals surface area (Å²) in [6.45, 7) is 3.28. The minimum absolute atomic E-state index is 0.573. The van der Waals surface area contributed by atoms with Gasteiger partial charge in [-0.25, -0.2) is 0 Å². The molecule has 0 N–H and O–H groups in total. The molecule has 0 amide bonds. The predicted molar refractivity (Wildman–Crippen MR) is 30.2 cm³/mol. The van der Waals surface area contributed by atoms with Crippen LogP contribution in [0.5, 0.6) is 0 Å². The van der Waals surface area contributed by atoms with Crippen LogP contribution in [-0.2, 0) is 15.3 Å². The van der Waals surface area contributed by atoms with Crippen LogP contribution in [-0.4, -0.2) is 14.1 Å². The van der Waals surface area contributed by atoms with Crippen LogP contribution in [0.15, 0.2) is 5.16 Å². The van der Waals surface area contributed by atoms with Gasteiger partial charge in [-0.15, -0.1) is 0 Å². The molecule has 0 aromatic carbocycles. The number of hydrogen-bond acceptors (Lipinski definition) is 4. The van der Waals surface area contributed by atoms with E-state index in [1.54, 1.807) is 13.8 Å². The molecule has 0 aliphatic carbocycles. The van der Waals surface area contributed by atoms with Crippen molar-refractivity contribution in [2.45, 2.75) is 13.8 Å². The smallest absolute Gasteiger partial charge is 0.271 e. The molecule has 0 unspecified atom stereocenters. The highest BCUT2D eigenvalue weighted by Gasteiger charge is 1.78. The van der Waals surface area contributed by atoms with Gasteiger partial charge in [0.25, 0.3) is 0 Å². The maximum Gasteiger partial charge on any atom is 0.318 e. The highest BCUT2D eigenvalue weighted by atomic mass is 32.2. The van der Waals surface area contributed by atoms with Gasteiger partial charge in [0, 0.05) is 0 Å². The second kappa shape index (κ2) is 3.43. The Morgan fingerprint density at radius 2 is 2.00 bits per heavy atom. The minimum atomic E-state index is -2.82. The second-order valence-corrected chi connectivity index (χ2v) is 1.95. The van der Waals surface area contributed by atoms with Crippen LogP contribution in [0.1, 0.15) is 13.8 Å². The molecule has 0 aromatic heterocycles. The SMILES string of the molecule is CC(C)=NO[SH](=O)=O. The summed E-state index contributed by atoms with van der Waals surface area (Å²) < 4.78 is 23.1. The standard InChI is InChI=1S/C3H7NO3S/c1-3(2)4-7-8(5)6/h8H,1-2H3. The molecule has 0 heterocycles. The number of nitrogens with zero attached hydrogens (tertiary/aromatic N) is 1. The van der Waals surface area contributed by atoms with E-state index in [1.807, 2.05) is 0 Å². The third-order valence-electron chi connectivity index (χ3n) is 0.290. The molecule has 0 bridgehead atoms. The van der Waals surface area contributed by atoms with E-state index in [-0.39, 0.29) is 0 Å². The van der Waals surface area contributed by atoms with E-state index < -0.39 is 11.0 Å². The van der Waals surface area contributed by atoms with Gasteiger partial charge < -0.3 is 0 Å². The molecule has 0 rings (SSSR count). The lowest BCUT2D eigenvalue weighted by Gasteiger charge is -1.83. The van der Waals surface area contributed by atoms with E-state index in [2.05, 4.69) is 9.44 Å². The fraction of sp³-hybridized carbons (Fsp3) is 0.667. The number of thiol groups is 1. The van der Waals surface area contributed by atoms with Gasteiger partial charge in [-0.05, 0) is 13.8 Å². The summed E-state index contributed by atoms with van der Waals surface area (Å²) in [5, 5.41) is 3.14. The maximum atomic E-state index is 9.61. The molecule has 0 spiro atoms. The second-order valence-electron chi connectivity index (χ2n) is 1.34. The molecule has 0 atom stereocenters. The molecule has 0 radical (unpaired) electrons. The van der Waals surface area contributed by atoms with Crippen LogP contribution in [0.4, 0.5) is 0 Å². The summed E-state index contributed by atoms with van der Waals surface area (Å²) in [5.41, 5.74) is 0.573. The van der Waals surface area contributed by atoms with Crippen molar-refractivity contribution in [3.05, 3.63) is 0 Å². The Bertz CT molecular complexity index is 148. The van der Waals surface area contributed by atoms with Crippen molar-refractivity contribution in [1.29, 1.82) is 0 Å². The van der Waals surface area contributed by atoms with Gasteiger partial charge in [-0.3, -0.25) is 4.28 Å². The molecule has 5 heteroatoms. The third kappa shape index (κ3) is 5.42. The largest absolute Gasteiger partial charge is 0.318 e. The lowest BCUT2D eigenvalue weighted by atomic mass is 10.5. The van der Waals surface area contributed by atoms with E-state index in [1.165, 1.54) is 0 Å². The molecular formula is C3H7NO3S. The molecular weight excluding hydrogens is 130 g/mol. The summed E-state index contributed by atoms with van der Waals surface area (Å²) in [4.78, 5) is 0. The van der Waals surface area contributed by atoms with Gasteiger partial charge in [0.15, 0.2) is 0 Å². The average Bonchev–Trinajstić information content (AvgIpc) is 1.61. The molecule has 0 aliphatic heterocycles. The third-order valence-corrected chi connectivity index (χ3v) is 0.505. The van der Waals surface area contributed by atoms with Crippen molar-refractivity contribution in [3.63, 3.8) is 0 Å². The topological polar surface area (TPSA) is 55.7 Å². The van der Waals surface area contributed by atoms with E-state index in [0.29, 0.717) is 5.71 Å². The Morgan fingerprint density at radius 3 is 2.12 bits per heavy atom. The van der Waals surface area contributed by atoms with Crippen LogP contribution >= 0.6 is 0 Å².